The Morgan fingerprint density at radius 3 is 2.51 bits per heavy atom. The monoisotopic (exact) mass is 495 g/mol. The lowest BCUT2D eigenvalue weighted by Gasteiger charge is -2.12. The molecule has 0 atom stereocenters. The predicted molar refractivity (Wildman–Crippen MR) is 141 cm³/mol. The van der Waals surface area contributed by atoms with Gasteiger partial charge in [0.2, 0.25) is 5.91 Å². The minimum absolute atomic E-state index is 0.132. The number of benzene rings is 3. The Labute approximate surface area is 213 Å². The van der Waals surface area contributed by atoms with Gasteiger partial charge in [0.05, 0.1) is 19.2 Å². The Bertz CT molecular complexity index is 1550. The average Bonchev–Trinajstić information content (AvgIpc) is 3.52. The molecule has 3 aromatic carbocycles. The highest BCUT2D eigenvalue weighted by molar-refractivity contribution is 6.00. The van der Waals surface area contributed by atoms with E-state index in [9.17, 15) is 14.0 Å². The largest absolute Gasteiger partial charge is 0.467 e. The van der Waals surface area contributed by atoms with Crippen molar-refractivity contribution in [1.29, 1.82) is 0 Å². The second-order valence-electron chi connectivity index (χ2n) is 8.99. The fraction of sp³-hybridized carbons (Fsp3) is 0.133. The number of nitrogens with zero attached hydrogens (tertiary/aromatic N) is 1. The molecule has 0 aliphatic rings. The summed E-state index contributed by atoms with van der Waals surface area (Å²) in [7, 11) is 0. The SMILES string of the molecule is Cc1cccc(Cn2c(C(=O)NCc3ccco3)cc3cc(NC(=O)Cc4ccc(F)cc4)ccc32)c1. The second kappa shape index (κ2) is 10.5. The van der Waals surface area contributed by atoms with Gasteiger partial charge in [-0.3, -0.25) is 9.59 Å². The van der Waals surface area contributed by atoms with Gasteiger partial charge in [-0.25, -0.2) is 4.39 Å². The van der Waals surface area contributed by atoms with Crippen molar-refractivity contribution in [3.63, 3.8) is 0 Å². The Morgan fingerprint density at radius 2 is 1.76 bits per heavy atom. The van der Waals surface area contributed by atoms with Gasteiger partial charge < -0.3 is 19.6 Å². The number of amides is 2. The van der Waals surface area contributed by atoms with Gasteiger partial charge in [0, 0.05) is 23.1 Å². The van der Waals surface area contributed by atoms with Crippen molar-refractivity contribution >= 4 is 28.4 Å². The Morgan fingerprint density at radius 1 is 0.919 bits per heavy atom. The smallest absolute Gasteiger partial charge is 0.268 e. The molecule has 0 aliphatic carbocycles. The van der Waals surface area contributed by atoms with Crippen LogP contribution in [0.1, 0.15) is 32.9 Å². The molecule has 7 heteroatoms. The number of anilines is 1. The zero-order valence-electron chi connectivity index (χ0n) is 20.3. The third-order valence-corrected chi connectivity index (χ3v) is 6.12. The fourth-order valence-electron chi connectivity index (χ4n) is 4.36. The van der Waals surface area contributed by atoms with Crippen LogP contribution in [0.25, 0.3) is 10.9 Å². The highest BCUT2D eigenvalue weighted by atomic mass is 19.1. The van der Waals surface area contributed by atoms with Crippen molar-refractivity contribution in [3.8, 4) is 0 Å². The number of carbonyl (C=O) groups is 2. The molecule has 2 heterocycles. The topological polar surface area (TPSA) is 76.3 Å². The molecular weight excluding hydrogens is 469 g/mol. The van der Waals surface area contributed by atoms with Crippen LogP contribution in [-0.2, 0) is 24.3 Å². The van der Waals surface area contributed by atoms with Crippen molar-refractivity contribution in [2.75, 3.05) is 5.32 Å². The van der Waals surface area contributed by atoms with Crippen molar-refractivity contribution in [1.82, 2.24) is 9.88 Å². The molecule has 6 nitrogen and oxygen atoms in total. The van der Waals surface area contributed by atoms with E-state index in [1.165, 1.54) is 12.1 Å². The van der Waals surface area contributed by atoms with Gasteiger partial charge in [0.25, 0.3) is 5.91 Å². The molecule has 0 fully saturated rings. The van der Waals surface area contributed by atoms with Crippen molar-refractivity contribution < 1.29 is 18.4 Å². The van der Waals surface area contributed by atoms with Crippen molar-refractivity contribution in [3.05, 3.63) is 125 Å². The molecule has 0 saturated carbocycles. The lowest BCUT2D eigenvalue weighted by Crippen LogP contribution is -2.25. The van der Waals surface area contributed by atoms with Crippen LogP contribution >= 0.6 is 0 Å². The third-order valence-electron chi connectivity index (χ3n) is 6.12. The van der Waals surface area contributed by atoms with Gasteiger partial charge in [-0.1, -0.05) is 42.0 Å². The minimum atomic E-state index is -0.339. The molecule has 2 amide bonds. The standard InChI is InChI=1S/C30H26FN3O3/c1-20-4-2-5-22(14-20)19-34-27-12-11-25(33-29(35)15-21-7-9-24(31)10-8-21)16-23(27)17-28(34)30(36)32-18-26-6-3-13-37-26/h2-14,16-17H,15,18-19H2,1H3,(H,32,36)(H,33,35). The van der Waals surface area contributed by atoms with E-state index in [4.69, 9.17) is 4.42 Å². The maximum absolute atomic E-state index is 13.2. The van der Waals surface area contributed by atoms with Crippen LogP contribution in [0.2, 0.25) is 0 Å². The first kappa shape index (κ1) is 24.1. The maximum Gasteiger partial charge on any atom is 0.268 e. The number of hydrogen-bond acceptors (Lipinski definition) is 3. The zero-order chi connectivity index (χ0) is 25.8. The molecule has 2 N–H and O–H groups in total. The first-order chi connectivity index (χ1) is 17.9. The molecule has 37 heavy (non-hydrogen) atoms. The van der Waals surface area contributed by atoms with E-state index in [1.54, 1.807) is 24.5 Å². The number of halogens is 1. The Balaban J connectivity index is 1.41. The van der Waals surface area contributed by atoms with Gasteiger partial charge in [-0.15, -0.1) is 0 Å². The number of hydrogen-bond donors (Lipinski definition) is 2. The van der Waals surface area contributed by atoms with Gasteiger partial charge in [-0.05, 0) is 66.6 Å². The quantitative estimate of drug-likeness (QED) is 0.284. The number of carbonyl (C=O) groups excluding carboxylic acids is 2. The summed E-state index contributed by atoms with van der Waals surface area (Å²) < 4.78 is 20.5. The number of aryl methyl sites for hydroxylation is 1. The predicted octanol–water partition coefficient (Wildman–Crippen LogP) is 5.84. The highest BCUT2D eigenvalue weighted by Crippen LogP contribution is 2.25. The zero-order valence-corrected chi connectivity index (χ0v) is 20.3. The van der Waals surface area contributed by atoms with Crippen molar-refractivity contribution in [2.45, 2.75) is 26.4 Å². The van der Waals surface area contributed by atoms with E-state index >= 15 is 0 Å². The van der Waals surface area contributed by atoms with E-state index in [2.05, 4.69) is 16.7 Å². The number of fused-ring (bicyclic) bond motifs is 1. The Kier molecular flexibility index (Phi) is 6.85. The fourth-order valence-corrected chi connectivity index (χ4v) is 4.36. The third kappa shape index (κ3) is 5.78. The van der Waals surface area contributed by atoms with Crippen LogP contribution in [0.5, 0.6) is 0 Å². The highest BCUT2D eigenvalue weighted by Gasteiger charge is 2.17. The van der Waals surface area contributed by atoms with Crippen molar-refractivity contribution in [2.24, 2.45) is 0 Å². The maximum atomic E-state index is 13.2. The lowest BCUT2D eigenvalue weighted by atomic mass is 10.1. The van der Waals surface area contributed by atoms with Gasteiger partial charge in [0.1, 0.15) is 17.3 Å². The number of furan rings is 1. The molecule has 0 aliphatic heterocycles. The molecule has 0 bridgehead atoms. The molecule has 186 valence electrons. The first-order valence-corrected chi connectivity index (χ1v) is 12.0. The molecule has 5 aromatic rings. The lowest BCUT2D eigenvalue weighted by molar-refractivity contribution is -0.115. The summed E-state index contributed by atoms with van der Waals surface area (Å²) in [5.74, 6) is -0.0988. The Hall–Kier alpha value is -4.65. The second-order valence-corrected chi connectivity index (χ2v) is 8.99. The van der Waals surface area contributed by atoms with Crippen LogP contribution in [-0.4, -0.2) is 16.4 Å². The van der Waals surface area contributed by atoms with Crippen LogP contribution in [0.3, 0.4) is 0 Å². The van der Waals surface area contributed by atoms with E-state index in [0.717, 1.165) is 27.6 Å². The molecule has 0 unspecified atom stereocenters. The summed E-state index contributed by atoms with van der Waals surface area (Å²) in [6.07, 6.45) is 1.70. The number of nitrogens with one attached hydrogen (secondary N) is 2. The van der Waals surface area contributed by atoms with Crippen LogP contribution in [0.4, 0.5) is 10.1 Å². The first-order valence-electron chi connectivity index (χ1n) is 12.0. The van der Waals surface area contributed by atoms with E-state index in [1.807, 2.05) is 60.0 Å². The number of aromatic nitrogens is 1. The van der Waals surface area contributed by atoms with E-state index in [0.29, 0.717) is 23.7 Å². The van der Waals surface area contributed by atoms with Gasteiger partial charge >= 0.3 is 0 Å². The molecule has 5 rings (SSSR count). The molecule has 2 aromatic heterocycles. The summed E-state index contributed by atoms with van der Waals surface area (Å²) in [4.78, 5) is 25.8. The average molecular weight is 496 g/mol. The van der Waals surface area contributed by atoms with Gasteiger partial charge in [-0.2, -0.15) is 0 Å². The molecule has 0 radical (unpaired) electrons. The normalized spacial score (nSPS) is 11.0. The summed E-state index contributed by atoms with van der Waals surface area (Å²) in [5, 5.41) is 6.66. The van der Waals surface area contributed by atoms with E-state index in [-0.39, 0.29) is 30.6 Å². The minimum Gasteiger partial charge on any atom is -0.467 e. The van der Waals surface area contributed by atoms with E-state index < -0.39 is 0 Å². The summed E-state index contributed by atoms with van der Waals surface area (Å²) in [5.41, 5.74) is 4.95. The summed E-state index contributed by atoms with van der Waals surface area (Å²) >= 11 is 0. The van der Waals surface area contributed by atoms with Crippen LogP contribution in [0.15, 0.2) is 95.6 Å². The van der Waals surface area contributed by atoms with Crippen LogP contribution in [0, 0.1) is 12.7 Å². The summed E-state index contributed by atoms with van der Waals surface area (Å²) in [6, 6.07) is 25.0. The molecule has 0 saturated heterocycles. The summed E-state index contributed by atoms with van der Waals surface area (Å²) in [6.45, 7) is 2.84. The van der Waals surface area contributed by atoms with Crippen LogP contribution < -0.4 is 10.6 Å². The van der Waals surface area contributed by atoms with Gasteiger partial charge in [0.15, 0.2) is 0 Å². The molecular formula is C30H26FN3O3. The molecule has 0 spiro atoms. The number of rotatable bonds is 8.